The van der Waals surface area contributed by atoms with Crippen molar-refractivity contribution in [2.45, 2.75) is 32.8 Å². The molecule has 0 aliphatic rings. The second-order valence-electron chi connectivity index (χ2n) is 4.72. The van der Waals surface area contributed by atoms with Gasteiger partial charge in [-0.1, -0.05) is 43.1 Å². The fourth-order valence-corrected chi connectivity index (χ4v) is 2.25. The Kier molecular flexibility index (Phi) is 5.45. The van der Waals surface area contributed by atoms with Crippen molar-refractivity contribution in [3.8, 4) is 11.5 Å². The molecule has 2 nitrogen and oxygen atoms in total. The molecule has 0 aromatic heterocycles. The van der Waals surface area contributed by atoms with E-state index in [0.29, 0.717) is 16.3 Å². The Labute approximate surface area is 125 Å². The van der Waals surface area contributed by atoms with Gasteiger partial charge in [0.2, 0.25) is 0 Å². The smallest absolute Gasteiger partial charge is 0.134 e. The van der Waals surface area contributed by atoms with E-state index in [1.807, 2.05) is 24.3 Å². The maximum absolute atomic E-state index is 9.35. The molecule has 3 heteroatoms. The Morgan fingerprint density at radius 2 is 1.85 bits per heavy atom. The maximum Gasteiger partial charge on any atom is 0.134 e. The van der Waals surface area contributed by atoms with E-state index in [-0.39, 0.29) is 6.61 Å². The second-order valence-corrected chi connectivity index (χ2v) is 5.13. The molecule has 0 radical (unpaired) electrons. The molecular weight excluding hydrogens is 272 g/mol. The predicted molar refractivity (Wildman–Crippen MR) is 82.5 cm³/mol. The van der Waals surface area contributed by atoms with E-state index in [2.05, 4.69) is 19.1 Å². The summed E-state index contributed by atoms with van der Waals surface area (Å²) in [5.41, 5.74) is 1.93. The summed E-state index contributed by atoms with van der Waals surface area (Å²) in [6.45, 7) is 2.05. The summed E-state index contributed by atoms with van der Waals surface area (Å²) in [4.78, 5) is 0. The van der Waals surface area contributed by atoms with Crippen LogP contribution in [0.2, 0.25) is 5.02 Å². The van der Waals surface area contributed by atoms with Gasteiger partial charge < -0.3 is 9.84 Å². The maximum atomic E-state index is 9.35. The summed E-state index contributed by atoms with van der Waals surface area (Å²) >= 11 is 6.04. The molecule has 0 saturated heterocycles. The normalized spacial score (nSPS) is 10.6. The number of hydrogen-bond donors (Lipinski definition) is 1. The van der Waals surface area contributed by atoms with Crippen LogP contribution in [0.4, 0.5) is 0 Å². The largest absolute Gasteiger partial charge is 0.457 e. The lowest BCUT2D eigenvalue weighted by atomic mass is 10.1. The van der Waals surface area contributed by atoms with Crippen molar-refractivity contribution in [3.63, 3.8) is 0 Å². The van der Waals surface area contributed by atoms with Crippen LogP contribution in [0.1, 0.15) is 30.9 Å². The van der Waals surface area contributed by atoms with E-state index in [1.54, 1.807) is 6.07 Å². The van der Waals surface area contributed by atoms with Gasteiger partial charge in [-0.15, -0.1) is 0 Å². The zero-order chi connectivity index (χ0) is 14.4. The van der Waals surface area contributed by atoms with Gasteiger partial charge in [0.25, 0.3) is 0 Å². The predicted octanol–water partition coefficient (Wildman–Crippen LogP) is 4.97. The van der Waals surface area contributed by atoms with Crippen molar-refractivity contribution in [1.82, 2.24) is 0 Å². The third kappa shape index (κ3) is 3.75. The molecule has 20 heavy (non-hydrogen) atoms. The second kappa shape index (κ2) is 7.32. The molecule has 0 amide bonds. The van der Waals surface area contributed by atoms with E-state index in [1.165, 1.54) is 18.4 Å². The standard InChI is InChI=1S/C17H19ClO2/c1-2-3-5-13-8-10-14(11-9-13)20-17-7-4-6-16(18)15(17)12-19/h4,6-11,19H,2-3,5,12H2,1H3. The average molecular weight is 291 g/mol. The summed E-state index contributed by atoms with van der Waals surface area (Å²) in [6.07, 6.45) is 3.49. The molecular formula is C17H19ClO2. The van der Waals surface area contributed by atoms with Crippen molar-refractivity contribution >= 4 is 11.6 Å². The van der Waals surface area contributed by atoms with E-state index < -0.39 is 0 Å². The monoisotopic (exact) mass is 290 g/mol. The number of halogens is 1. The quantitative estimate of drug-likeness (QED) is 0.814. The minimum absolute atomic E-state index is 0.135. The van der Waals surface area contributed by atoms with Crippen LogP contribution in [0.3, 0.4) is 0 Å². The Morgan fingerprint density at radius 3 is 2.50 bits per heavy atom. The zero-order valence-corrected chi connectivity index (χ0v) is 12.4. The Hall–Kier alpha value is -1.51. The Bertz CT molecular complexity index is 549. The number of hydrogen-bond acceptors (Lipinski definition) is 2. The van der Waals surface area contributed by atoms with Crippen molar-refractivity contribution in [2.24, 2.45) is 0 Å². The van der Waals surface area contributed by atoms with Crippen LogP contribution < -0.4 is 4.74 Å². The summed E-state index contributed by atoms with van der Waals surface area (Å²) in [7, 11) is 0. The third-order valence-electron chi connectivity index (χ3n) is 3.20. The van der Waals surface area contributed by atoms with E-state index in [4.69, 9.17) is 16.3 Å². The van der Waals surface area contributed by atoms with Gasteiger partial charge in [0, 0.05) is 10.6 Å². The molecule has 2 aromatic rings. The van der Waals surface area contributed by atoms with Crippen molar-refractivity contribution in [2.75, 3.05) is 0 Å². The van der Waals surface area contributed by atoms with Gasteiger partial charge in [0.15, 0.2) is 0 Å². The van der Waals surface area contributed by atoms with Crippen LogP contribution in [0.25, 0.3) is 0 Å². The average Bonchev–Trinajstić information content (AvgIpc) is 2.47. The summed E-state index contributed by atoms with van der Waals surface area (Å²) < 4.78 is 5.80. The first-order valence-corrected chi connectivity index (χ1v) is 7.27. The highest BCUT2D eigenvalue weighted by atomic mass is 35.5. The first-order chi connectivity index (χ1) is 9.74. The lowest BCUT2D eigenvalue weighted by Gasteiger charge is -2.11. The van der Waals surface area contributed by atoms with Crippen molar-refractivity contribution in [3.05, 3.63) is 58.6 Å². The van der Waals surface area contributed by atoms with E-state index in [0.717, 1.165) is 12.2 Å². The number of aryl methyl sites for hydroxylation is 1. The number of rotatable bonds is 6. The van der Waals surface area contributed by atoms with Crippen LogP contribution in [-0.4, -0.2) is 5.11 Å². The highest BCUT2D eigenvalue weighted by Crippen LogP contribution is 2.30. The van der Waals surface area contributed by atoms with Crippen LogP contribution in [0.5, 0.6) is 11.5 Å². The third-order valence-corrected chi connectivity index (χ3v) is 3.56. The van der Waals surface area contributed by atoms with Gasteiger partial charge in [0.1, 0.15) is 11.5 Å². The number of ether oxygens (including phenoxy) is 1. The first-order valence-electron chi connectivity index (χ1n) is 6.89. The van der Waals surface area contributed by atoms with Crippen LogP contribution >= 0.6 is 11.6 Å². The summed E-state index contributed by atoms with van der Waals surface area (Å²) in [5, 5.41) is 9.87. The van der Waals surface area contributed by atoms with Crippen LogP contribution in [-0.2, 0) is 13.0 Å². The Morgan fingerprint density at radius 1 is 1.10 bits per heavy atom. The van der Waals surface area contributed by atoms with Gasteiger partial charge >= 0.3 is 0 Å². The minimum atomic E-state index is -0.135. The van der Waals surface area contributed by atoms with Crippen LogP contribution in [0, 0.1) is 0 Å². The van der Waals surface area contributed by atoms with Gasteiger partial charge in [-0.25, -0.2) is 0 Å². The fraction of sp³-hybridized carbons (Fsp3) is 0.294. The highest BCUT2D eigenvalue weighted by molar-refractivity contribution is 6.31. The van der Waals surface area contributed by atoms with Crippen LogP contribution in [0.15, 0.2) is 42.5 Å². The lowest BCUT2D eigenvalue weighted by Crippen LogP contribution is -1.93. The number of unbranched alkanes of at least 4 members (excludes halogenated alkanes) is 1. The van der Waals surface area contributed by atoms with Crippen molar-refractivity contribution in [1.29, 1.82) is 0 Å². The van der Waals surface area contributed by atoms with Gasteiger partial charge in [0.05, 0.1) is 6.61 Å². The molecule has 2 rings (SSSR count). The van der Waals surface area contributed by atoms with Gasteiger partial charge in [-0.05, 0) is 42.7 Å². The highest BCUT2D eigenvalue weighted by Gasteiger charge is 2.08. The molecule has 106 valence electrons. The van der Waals surface area contributed by atoms with E-state index >= 15 is 0 Å². The molecule has 0 aliphatic heterocycles. The minimum Gasteiger partial charge on any atom is -0.457 e. The number of aliphatic hydroxyl groups is 1. The summed E-state index contributed by atoms with van der Waals surface area (Å²) in [6, 6.07) is 13.4. The number of benzene rings is 2. The van der Waals surface area contributed by atoms with E-state index in [9.17, 15) is 5.11 Å². The Balaban J connectivity index is 2.12. The van der Waals surface area contributed by atoms with Crippen molar-refractivity contribution < 1.29 is 9.84 Å². The molecule has 0 bridgehead atoms. The fourth-order valence-electron chi connectivity index (χ4n) is 2.02. The molecule has 0 saturated carbocycles. The SMILES string of the molecule is CCCCc1ccc(Oc2cccc(Cl)c2CO)cc1. The molecule has 0 spiro atoms. The molecule has 0 atom stereocenters. The molecule has 0 fully saturated rings. The number of aliphatic hydroxyl groups excluding tert-OH is 1. The topological polar surface area (TPSA) is 29.5 Å². The molecule has 2 aromatic carbocycles. The molecule has 0 aliphatic carbocycles. The molecule has 1 N–H and O–H groups in total. The van der Waals surface area contributed by atoms with Gasteiger partial charge in [-0.3, -0.25) is 0 Å². The zero-order valence-electron chi connectivity index (χ0n) is 11.6. The molecule has 0 unspecified atom stereocenters. The van der Waals surface area contributed by atoms with Gasteiger partial charge in [-0.2, -0.15) is 0 Å². The lowest BCUT2D eigenvalue weighted by molar-refractivity contribution is 0.276. The summed E-state index contributed by atoms with van der Waals surface area (Å²) in [5.74, 6) is 1.35. The first kappa shape index (κ1) is 14.9. The molecule has 0 heterocycles.